The van der Waals surface area contributed by atoms with Crippen LogP contribution in [-0.2, 0) is 10.9 Å². The van der Waals surface area contributed by atoms with Crippen LogP contribution in [0.25, 0.3) is 0 Å². The number of thioether (sulfide) groups is 1. The molecule has 1 amide bonds. The minimum Gasteiger partial charge on any atom is -0.378 e. The van der Waals surface area contributed by atoms with Gasteiger partial charge in [-0.15, -0.1) is 11.8 Å². The Morgan fingerprint density at radius 1 is 1.20 bits per heavy atom. The van der Waals surface area contributed by atoms with Crippen LogP contribution in [0.2, 0.25) is 0 Å². The number of alkyl halides is 3. The van der Waals surface area contributed by atoms with Gasteiger partial charge in [0.05, 0.1) is 35.1 Å². The van der Waals surface area contributed by atoms with Gasteiger partial charge in [-0.2, -0.15) is 13.2 Å². The standard InChI is InChI=1S/C19H18F3N3O4S/c1-30-13-3-5-16(25(27)28)14(11-13)18(26)23-15-10-12(19(20,21)22)2-4-17(15)24-6-8-29-9-7-24/h2-5,10-11H,6-9H2,1H3,(H,23,26). The lowest BCUT2D eigenvalue weighted by Crippen LogP contribution is -2.36. The number of nitrogens with zero attached hydrogens (tertiary/aromatic N) is 2. The van der Waals surface area contributed by atoms with E-state index in [2.05, 4.69) is 5.32 Å². The first-order chi connectivity index (χ1) is 14.2. The maximum Gasteiger partial charge on any atom is 0.416 e. The Balaban J connectivity index is 2.02. The molecule has 0 atom stereocenters. The fraction of sp³-hybridized carbons (Fsp3) is 0.316. The first-order valence-electron chi connectivity index (χ1n) is 8.88. The lowest BCUT2D eigenvalue weighted by atomic mass is 10.1. The average molecular weight is 441 g/mol. The van der Waals surface area contributed by atoms with Crippen LogP contribution in [0.1, 0.15) is 15.9 Å². The highest BCUT2D eigenvalue weighted by Crippen LogP contribution is 2.36. The molecule has 2 aromatic carbocycles. The minimum atomic E-state index is -4.60. The number of nitrogens with one attached hydrogen (secondary N) is 1. The predicted octanol–water partition coefficient (Wildman–Crippen LogP) is 4.42. The number of carbonyl (C=O) groups excluding carboxylic acids is 1. The molecule has 1 aliphatic rings. The minimum absolute atomic E-state index is 0.0689. The normalized spacial score (nSPS) is 14.5. The molecule has 160 valence electrons. The van der Waals surface area contributed by atoms with E-state index in [1.54, 1.807) is 11.2 Å². The maximum atomic E-state index is 13.2. The van der Waals surface area contributed by atoms with Crippen LogP contribution in [-0.4, -0.2) is 43.4 Å². The van der Waals surface area contributed by atoms with Gasteiger partial charge in [0.25, 0.3) is 11.6 Å². The fourth-order valence-electron chi connectivity index (χ4n) is 3.07. The van der Waals surface area contributed by atoms with Crippen molar-refractivity contribution in [2.75, 3.05) is 42.8 Å². The highest BCUT2D eigenvalue weighted by atomic mass is 32.2. The van der Waals surface area contributed by atoms with Crippen LogP contribution >= 0.6 is 11.8 Å². The average Bonchev–Trinajstić information content (AvgIpc) is 2.73. The molecular formula is C19H18F3N3O4S. The number of ether oxygens (including phenoxy) is 1. The highest BCUT2D eigenvalue weighted by molar-refractivity contribution is 7.98. The summed E-state index contributed by atoms with van der Waals surface area (Å²) in [6.45, 7) is 1.68. The number of rotatable bonds is 5. The van der Waals surface area contributed by atoms with E-state index in [9.17, 15) is 28.1 Å². The molecule has 1 saturated heterocycles. The quantitative estimate of drug-likeness (QED) is 0.420. The summed E-state index contributed by atoms with van der Waals surface area (Å²) in [6, 6.07) is 7.12. The zero-order valence-electron chi connectivity index (χ0n) is 15.9. The lowest BCUT2D eigenvalue weighted by molar-refractivity contribution is -0.385. The number of morpholine rings is 1. The Morgan fingerprint density at radius 3 is 2.50 bits per heavy atom. The van der Waals surface area contributed by atoms with Crippen molar-refractivity contribution in [2.24, 2.45) is 0 Å². The summed E-state index contributed by atoms with van der Waals surface area (Å²) in [5.74, 6) is -0.855. The van der Waals surface area contributed by atoms with Crippen LogP contribution < -0.4 is 10.2 Å². The van der Waals surface area contributed by atoms with Gasteiger partial charge >= 0.3 is 6.18 Å². The van der Waals surface area contributed by atoms with Crippen LogP contribution in [0.15, 0.2) is 41.3 Å². The summed E-state index contributed by atoms with van der Waals surface area (Å²) < 4.78 is 45.0. The number of halogens is 3. The Hall–Kier alpha value is -2.79. The third-order valence-corrected chi connectivity index (χ3v) is 5.29. The Labute approximate surface area is 174 Å². The molecule has 1 heterocycles. The van der Waals surface area contributed by atoms with E-state index >= 15 is 0 Å². The summed E-state index contributed by atoms with van der Waals surface area (Å²) in [7, 11) is 0. The summed E-state index contributed by atoms with van der Waals surface area (Å²) in [5, 5.41) is 13.8. The second-order valence-electron chi connectivity index (χ2n) is 6.42. The number of nitro benzene ring substituents is 1. The molecule has 0 aromatic heterocycles. The zero-order chi connectivity index (χ0) is 21.9. The van der Waals surface area contributed by atoms with Crippen molar-refractivity contribution >= 4 is 34.7 Å². The summed E-state index contributed by atoms with van der Waals surface area (Å²) >= 11 is 1.29. The van der Waals surface area contributed by atoms with Gasteiger partial charge in [-0.05, 0) is 36.6 Å². The largest absolute Gasteiger partial charge is 0.416 e. The molecule has 3 rings (SSSR count). The van der Waals surface area contributed by atoms with Gasteiger partial charge < -0.3 is 15.0 Å². The van der Waals surface area contributed by atoms with Crippen molar-refractivity contribution in [2.45, 2.75) is 11.1 Å². The second kappa shape index (κ2) is 8.92. The number of hydrogen-bond donors (Lipinski definition) is 1. The van der Waals surface area contributed by atoms with E-state index in [1.807, 2.05) is 0 Å². The van der Waals surface area contributed by atoms with E-state index in [-0.39, 0.29) is 11.3 Å². The Kier molecular flexibility index (Phi) is 6.52. The number of nitro groups is 1. The molecule has 0 radical (unpaired) electrons. The SMILES string of the molecule is CSc1ccc([N+](=O)[O-])c(C(=O)Nc2cc(C(F)(F)F)ccc2N2CCOCC2)c1. The third kappa shape index (κ3) is 4.85. The van der Waals surface area contributed by atoms with E-state index in [0.29, 0.717) is 36.9 Å². The van der Waals surface area contributed by atoms with Gasteiger partial charge in [0, 0.05) is 24.1 Å². The van der Waals surface area contributed by atoms with Gasteiger partial charge in [0.15, 0.2) is 0 Å². The van der Waals surface area contributed by atoms with Crippen molar-refractivity contribution < 1.29 is 27.6 Å². The number of hydrogen-bond acceptors (Lipinski definition) is 6. The molecule has 7 nitrogen and oxygen atoms in total. The molecule has 0 unspecified atom stereocenters. The first-order valence-corrected chi connectivity index (χ1v) is 10.1. The van der Waals surface area contributed by atoms with Crippen molar-refractivity contribution in [3.63, 3.8) is 0 Å². The molecular weight excluding hydrogens is 423 g/mol. The first kappa shape index (κ1) is 21.9. The second-order valence-corrected chi connectivity index (χ2v) is 7.30. The molecule has 2 aromatic rings. The zero-order valence-corrected chi connectivity index (χ0v) is 16.7. The Morgan fingerprint density at radius 2 is 1.90 bits per heavy atom. The number of amides is 1. The number of anilines is 2. The van der Waals surface area contributed by atoms with Crippen LogP contribution in [0.5, 0.6) is 0 Å². The molecule has 0 aliphatic carbocycles. The van der Waals surface area contributed by atoms with Gasteiger partial charge in [-0.25, -0.2) is 0 Å². The summed E-state index contributed by atoms with van der Waals surface area (Å²) in [6.07, 6.45) is -2.86. The molecule has 1 N–H and O–H groups in total. The van der Waals surface area contributed by atoms with Gasteiger partial charge in [0.1, 0.15) is 5.56 Å². The van der Waals surface area contributed by atoms with Crippen LogP contribution in [0, 0.1) is 10.1 Å². The van der Waals surface area contributed by atoms with Crippen molar-refractivity contribution in [3.05, 3.63) is 57.6 Å². The van der Waals surface area contributed by atoms with Gasteiger partial charge in [-0.1, -0.05) is 0 Å². The molecule has 30 heavy (non-hydrogen) atoms. The number of carbonyl (C=O) groups is 1. The summed E-state index contributed by atoms with van der Waals surface area (Å²) in [5.41, 5.74) is -1.26. The molecule has 11 heteroatoms. The van der Waals surface area contributed by atoms with Gasteiger partial charge in [0.2, 0.25) is 0 Å². The lowest BCUT2D eigenvalue weighted by Gasteiger charge is -2.31. The topological polar surface area (TPSA) is 84.7 Å². The fourth-order valence-corrected chi connectivity index (χ4v) is 3.51. The third-order valence-electron chi connectivity index (χ3n) is 4.57. The number of benzene rings is 2. The van der Waals surface area contributed by atoms with E-state index in [4.69, 9.17) is 4.74 Å². The van der Waals surface area contributed by atoms with E-state index in [0.717, 1.165) is 12.1 Å². The molecule has 0 bridgehead atoms. The van der Waals surface area contributed by atoms with Gasteiger partial charge in [-0.3, -0.25) is 14.9 Å². The smallest absolute Gasteiger partial charge is 0.378 e. The molecule has 1 aliphatic heterocycles. The molecule has 0 spiro atoms. The molecule has 1 fully saturated rings. The Bertz CT molecular complexity index is 963. The van der Waals surface area contributed by atoms with E-state index < -0.39 is 28.3 Å². The van der Waals surface area contributed by atoms with Crippen LogP contribution in [0.4, 0.5) is 30.2 Å². The molecule has 0 saturated carbocycles. The van der Waals surface area contributed by atoms with E-state index in [1.165, 1.54) is 36.0 Å². The maximum absolute atomic E-state index is 13.2. The van der Waals surface area contributed by atoms with Crippen LogP contribution in [0.3, 0.4) is 0 Å². The van der Waals surface area contributed by atoms with Crippen molar-refractivity contribution in [3.8, 4) is 0 Å². The summed E-state index contributed by atoms with van der Waals surface area (Å²) in [4.78, 5) is 25.9. The van der Waals surface area contributed by atoms with Crippen molar-refractivity contribution in [1.29, 1.82) is 0 Å². The van der Waals surface area contributed by atoms with Crippen molar-refractivity contribution in [1.82, 2.24) is 0 Å². The monoisotopic (exact) mass is 441 g/mol. The highest BCUT2D eigenvalue weighted by Gasteiger charge is 2.32. The predicted molar refractivity (Wildman–Crippen MR) is 107 cm³/mol.